The van der Waals surface area contributed by atoms with Crippen LogP contribution in [0.25, 0.3) is 0 Å². The van der Waals surface area contributed by atoms with E-state index in [0.29, 0.717) is 5.25 Å². The monoisotopic (exact) mass is 290 g/mol. The smallest absolute Gasteiger partial charge is 0.0453 e. The Balaban J connectivity index is 2.12. The van der Waals surface area contributed by atoms with Gasteiger partial charge in [0.25, 0.3) is 0 Å². The minimum absolute atomic E-state index is 0.236. The zero-order valence-corrected chi connectivity index (χ0v) is 11.8. The highest BCUT2D eigenvalue weighted by molar-refractivity contribution is 8.00. The second kappa shape index (κ2) is 6.30. The summed E-state index contributed by atoms with van der Waals surface area (Å²) in [5, 5.41) is 2.01. The first-order valence-corrected chi connectivity index (χ1v) is 7.53. The number of nitrogens with one attached hydrogen (secondary N) is 1. The van der Waals surface area contributed by atoms with Crippen LogP contribution < -0.4 is 11.3 Å². The topological polar surface area (TPSA) is 38.0 Å². The average Bonchev–Trinajstić information content (AvgIpc) is 2.82. The first-order chi connectivity index (χ1) is 8.22. The molecule has 1 aliphatic rings. The molecule has 1 aromatic rings. The largest absolute Gasteiger partial charge is 0.271 e. The fourth-order valence-electron chi connectivity index (χ4n) is 2.16. The van der Waals surface area contributed by atoms with E-state index in [9.17, 15) is 0 Å². The summed E-state index contributed by atoms with van der Waals surface area (Å²) in [6.45, 7) is 0. The van der Waals surface area contributed by atoms with Crippen molar-refractivity contribution in [1.82, 2.24) is 5.43 Å². The summed E-state index contributed by atoms with van der Waals surface area (Å²) in [4.78, 5) is 0. The summed E-state index contributed by atoms with van der Waals surface area (Å²) in [5.74, 6) is 6.87. The van der Waals surface area contributed by atoms with Crippen LogP contribution in [0.4, 0.5) is 0 Å². The number of benzene rings is 1. The lowest BCUT2D eigenvalue weighted by atomic mass is 10.0. The van der Waals surface area contributed by atoms with E-state index in [2.05, 4.69) is 5.43 Å². The minimum atomic E-state index is 0.236. The molecule has 0 radical (unpaired) electrons. The van der Waals surface area contributed by atoms with Crippen molar-refractivity contribution < 1.29 is 0 Å². The lowest BCUT2D eigenvalue weighted by Gasteiger charge is -2.22. The summed E-state index contributed by atoms with van der Waals surface area (Å²) >= 11 is 14.3. The Morgan fingerprint density at radius 1 is 1.41 bits per heavy atom. The number of thioether (sulfide) groups is 1. The van der Waals surface area contributed by atoms with Gasteiger partial charge in [-0.05, 0) is 42.7 Å². The van der Waals surface area contributed by atoms with E-state index in [1.54, 1.807) is 0 Å². The summed E-state index contributed by atoms with van der Waals surface area (Å²) in [5.41, 5.74) is 3.90. The van der Waals surface area contributed by atoms with Crippen LogP contribution in [0.15, 0.2) is 18.2 Å². The highest BCUT2D eigenvalue weighted by Gasteiger charge is 2.26. The molecule has 0 aromatic heterocycles. The standard InChI is InChI=1S/C12H16Cl2N2S/c13-9-3-1-4-10(14)8(9)7-11(16-15)12-5-2-6-17-12/h1,3-4,11-12,16H,2,5-7,15H2. The molecular weight excluding hydrogens is 275 g/mol. The van der Waals surface area contributed by atoms with Gasteiger partial charge in [-0.1, -0.05) is 29.3 Å². The molecule has 0 saturated carbocycles. The van der Waals surface area contributed by atoms with Crippen molar-refractivity contribution in [2.75, 3.05) is 5.75 Å². The first-order valence-electron chi connectivity index (χ1n) is 5.73. The van der Waals surface area contributed by atoms with E-state index >= 15 is 0 Å². The van der Waals surface area contributed by atoms with Crippen molar-refractivity contribution in [3.05, 3.63) is 33.8 Å². The summed E-state index contributed by atoms with van der Waals surface area (Å²) < 4.78 is 0. The molecule has 0 bridgehead atoms. The second-order valence-corrected chi connectivity index (χ2v) is 6.39. The van der Waals surface area contributed by atoms with Gasteiger partial charge in [-0.3, -0.25) is 11.3 Å². The number of hydrogen-bond acceptors (Lipinski definition) is 3. The third-order valence-corrected chi connectivity index (χ3v) is 5.34. The van der Waals surface area contributed by atoms with Crippen LogP contribution in [0.2, 0.25) is 10.0 Å². The number of nitrogens with two attached hydrogens (primary N) is 1. The third kappa shape index (κ3) is 3.30. The predicted molar refractivity (Wildman–Crippen MR) is 76.8 cm³/mol. The van der Waals surface area contributed by atoms with Gasteiger partial charge in [-0.15, -0.1) is 0 Å². The van der Waals surface area contributed by atoms with Crippen LogP contribution in [-0.2, 0) is 6.42 Å². The van der Waals surface area contributed by atoms with E-state index in [-0.39, 0.29) is 6.04 Å². The first kappa shape index (κ1) is 13.5. The fraction of sp³-hybridized carbons (Fsp3) is 0.500. The van der Waals surface area contributed by atoms with E-state index < -0.39 is 0 Å². The molecule has 3 N–H and O–H groups in total. The van der Waals surface area contributed by atoms with E-state index in [4.69, 9.17) is 29.0 Å². The van der Waals surface area contributed by atoms with Gasteiger partial charge in [0.05, 0.1) is 0 Å². The Kier molecular flexibility index (Phi) is 5.00. The van der Waals surface area contributed by atoms with Crippen molar-refractivity contribution >= 4 is 35.0 Å². The SMILES string of the molecule is NNC(Cc1c(Cl)cccc1Cl)C1CCCS1. The van der Waals surface area contributed by atoms with Crippen molar-refractivity contribution in [1.29, 1.82) is 0 Å². The van der Waals surface area contributed by atoms with Crippen LogP contribution in [0.1, 0.15) is 18.4 Å². The maximum atomic E-state index is 6.18. The molecular formula is C12H16Cl2N2S. The number of hydrogen-bond donors (Lipinski definition) is 2. The summed E-state index contributed by atoms with van der Waals surface area (Å²) in [6.07, 6.45) is 3.26. The molecule has 1 aliphatic heterocycles. The molecule has 1 aromatic carbocycles. The molecule has 94 valence electrons. The zero-order valence-electron chi connectivity index (χ0n) is 9.46. The Bertz CT molecular complexity index is 361. The molecule has 1 fully saturated rings. The Morgan fingerprint density at radius 3 is 2.65 bits per heavy atom. The number of rotatable bonds is 4. The van der Waals surface area contributed by atoms with Gasteiger partial charge in [-0.2, -0.15) is 11.8 Å². The number of hydrazine groups is 1. The third-order valence-electron chi connectivity index (χ3n) is 3.11. The van der Waals surface area contributed by atoms with Crippen molar-refractivity contribution in [2.24, 2.45) is 5.84 Å². The minimum Gasteiger partial charge on any atom is -0.271 e. The van der Waals surface area contributed by atoms with Crippen molar-refractivity contribution in [3.63, 3.8) is 0 Å². The van der Waals surface area contributed by atoms with Gasteiger partial charge < -0.3 is 0 Å². The van der Waals surface area contributed by atoms with Gasteiger partial charge >= 0.3 is 0 Å². The molecule has 0 spiro atoms. The molecule has 2 unspecified atom stereocenters. The fourth-order valence-corrected chi connectivity index (χ4v) is 4.09. The predicted octanol–water partition coefficient (Wildman–Crippen LogP) is 3.26. The molecule has 1 heterocycles. The molecule has 1 saturated heterocycles. The van der Waals surface area contributed by atoms with Crippen LogP contribution >= 0.6 is 35.0 Å². The molecule has 2 rings (SSSR count). The lowest BCUT2D eigenvalue weighted by Crippen LogP contribution is -2.43. The highest BCUT2D eigenvalue weighted by atomic mass is 35.5. The maximum absolute atomic E-state index is 6.18. The Labute approximate surface area is 116 Å². The van der Waals surface area contributed by atoms with Gasteiger partial charge in [0, 0.05) is 21.3 Å². The van der Waals surface area contributed by atoms with Crippen LogP contribution in [-0.4, -0.2) is 17.0 Å². The van der Waals surface area contributed by atoms with Gasteiger partial charge in [-0.25, -0.2) is 0 Å². The van der Waals surface area contributed by atoms with E-state index in [1.165, 1.54) is 18.6 Å². The van der Waals surface area contributed by atoms with Crippen molar-refractivity contribution in [3.8, 4) is 0 Å². The molecule has 2 nitrogen and oxygen atoms in total. The lowest BCUT2D eigenvalue weighted by molar-refractivity contribution is 0.496. The summed E-state index contributed by atoms with van der Waals surface area (Å²) in [6, 6.07) is 5.85. The molecule has 2 atom stereocenters. The Hall–Kier alpha value is 0.0700. The van der Waals surface area contributed by atoms with Gasteiger partial charge in [0.1, 0.15) is 0 Å². The number of halogens is 2. The highest BCUT2D eigenvalue weighted by Crippen LogP contribution is 2.32. The molecule has 17 heavy (non-hydrogen) atoms. The van der Waals surface area contributed by atoms with E-state index in [0.717, 1.165) is 22.0 Å². The van der Waals surface area contributed by atoms with Crippen molar-refractivity contribution in [2.45, 2.75) is 30.6 Å². The Morgan fingerprint density at radius 2 is 2.12 bits per heavy atom. The van der Waals surface area contributed by atoms with Gasteiger partial charge in [0.15, 0.2) is 0 Å². The van der Waals surface area contributed by atoms with E-state index in [1.807, 2.05) is 30.0 Å². The molecule has 5 heteroatoms. The van der Waals surface area contributed by atoms with Gasteiger partial charge in [0.2, 0.25) is 0 Å². The average molecular weight is 291 g/mol. The summed E-state index contributed by atoms with van der Waals surface area (Å²) in [7, 11) is 0. The molecule has 0 aliphatic carbocycles. The van der Waals surface area contributed by atoms with Crippen LogP contribution in [0.5, 0.6) is 0 Å². The van der Waals surface area contributed by atoms with Crippen LogP contribution in [0, 0.1) is 0 Å². The zero-order chi connectivity index (χ0) is 12.3. The maximum Gasteiger partial charge on any atom is 0.0453 e. The second-order valence-electron chi connectivity index (χ2n) is 4.23. The quantitative estimate of drug-likeness (QED) is 0.660. The molecule has 0 amide bonds. The normalized spacial score (nSPS) is 21.7. The van der Waals surface area contributed by atoms with Crippen LogP contribution in [0.3, 0.4) is 0 Å².